The van der Waals surface area contributed by atoms with Gasteiger partial charge in [-0.25, -0.2) is 0 Å². The van der Waals surface area contributed by atoms with Crippen molar-refractivity contribution in [2.75, 3.05) is 10.6 Å². The number of rotatable bonds is 3. The van der Waals surface area contributed by atoms with E-state index in [-0.39, 0.29) is 11.8 Å². The highest BCUT2D eigenvalue weighted by Crippen LogP contribution is 2.38. The molecule has 0 fully saturated rings. The van der Waals surface area contributed by atoms with E-state index in [1.165, 1.54) is 0 Å². The molecular weight excluding hydrogens is 312 g/mol. The predicted octanol–water partition coefficient (Wildman–Crippen LogP) is 3.87. The second-order valence-corrected chi connectivity index (χ2v) is 6.50. The van der Waals surface area contributed by atoms with Crippen molar-refractivity contribution in [2.45, 2.75) is 26.5 Å². The molecule has 1 aliphatic heterocycles. The third-order valence-corrected chi connectivity index (χ3v) is 4.15. The van der Waals surface area contributed by atoms with Gasteiger partial charge in [0, 0.05) is 10.7 Å². The Kier molecular flexibility index (Phi) is 4.18. The lowest BCUT2D eigenvalue weighted by atomic mass is 10.0. The Morgan fingerprint density at radius 1 is 1.22 bits per heavy atom. The third-order valence-electron chi connectivity index (χ3n) is 3.90. The van der Waals surface area contributed by atoms with Crippen LogP contribution in [0.2, 0.25) is 5.02 Å². The highest BCUT2D eigenvalue weighted by atomic mass is 35.5. The summed E-state index contributed by atoms with van der Waals surface area (Å²) in [5, 5.41) is 0.673. The average Bonchev–Trinajstić information content (AvgIpc) is 2.51. The second kappa shape index (κ2) is 6.13. The van der Waals surface area contributed by atoms with Gasteiger partial charge in [-0.15, -0.1) is 0 Å². The van der Waals surface area contributed by atoms with Gasteiger partial charge in [-0.2, -0.15) is 0 Å². The zero-order chi connectivity index (χ0) is 16.6. The number of benzene rings is 2. The Morgan fingerprint density at radius 3 is 2.57 bits per heavy atom. The van der Waals surface area contributed by atoms with Gasteiger partial charge in [0.15, 0.2) is 6.10 Å². The molecule has 120 valence electrons. The standard InChI is InChI=1S/C18H19ClN2O2/c1-11(2)17-18(22)21(10-12-3-5-13(19)6-4-12)15-9-14(20)7-8-16(15)23-17/h3-9,11,17H,10,20H2,1-2H3. The second-order valence-electron chi connectivity index (χ2n) is 6.06. The number of ether oxygens (including phenoxy) is 1. The van der Waals surface area contributed by atoms with Crippen molar-refractivity contribution in [3.05, 3.63) is 53.1 Å². The summed E-state index contributed by atoms with van der Waals surface area (Å²) in [7, 11) is 0. The minimum Gasteiger partial charge on any atom is -0.478 e. The van der Waals surface area contributed by atoms with Crippen LogP contribution in [0, 0.1) is 5.92 Å². The molecule has 4 nitrogen and oxygen atoms in total. The number of fused-ring (bicyclic) bond motifs is 1. The smallest absolute Gasteiger partial charge is 0.268 e. The van der Waals surface area contributed by atoms with Crippen LogP contribution >= 0.6 is 11.6 Å². The number of nitrogen functional groups attached to an aromatic ring is 1. The number of halogens is 1. The summed E-state index contributed by atoms with van der Waals surface area (Å²) in [6, 6.07) is 12.9. The van der Waals surface area contributed by atoms with E-state index in [9.17, 15) is 4.79 Å². The molecule has 1 unspecified atom stereocenters. The Hall–Kier alpha value is -2.20. The molecular formula is C18H19ClN2O2. The largest absolute Gasteiger partial charge is 0.478 e. The van der Waals surface area contributed by atoms with Crippen molar-refractivity contribution in [1.29, 1.82) is 0 Å². The number of hydrogen-bond acceptors (Lipinski definition) is 3. The van der Waals surface area contributed by atoms with E-state index in [0.717, 1.165) is 5.56 Å². The minimum atomic E-state index is -0.488. The molecule has 1 aliphatic rings. The van der Waals surface area contributed by atoms with Gasteiger partial charge in [-0.3, -0.25) is 4.79 Å². The van der Waals surface area contributed by atoms with Crippen LogP contribution in [0.15, 0.2) is 42.5 Å². The molecule has 3 rings (SSSR count). The number of hydrogen-bond donors (Lipinski definition) is 1. The summed E-state index contributed by atoms with van der Waals surface area (Å²) in [6.07, 6.45) is -0.488. The first-order valence-corrected chi connectivity index (χ1v) is 7.95. The van der Waals surface area contributed by atoms with E-state index in [1.54, 1.807) is 17.0 Å². The van der Waals surface area contributed by atoms with Crippen LogP contribution in [0.5, 0.6) is 5.75 Å². The molecule has 0 aromatic heterocycles. The summed E-state index contributed by atoms with van der Waals surface area (Å²) >= 11 is 5.93. The van der Waals surface area contributed by atoms with Gasteiger partial charge in [-0.05, 0) is 41.8 Å². The summed E-state index contributed by atoms with van der Waals surface area (Å²) < 4.78 is 5.88. The van der Waals surface area contributed by atoms with Crippen molar-refractivity contribution in [1.82, 2.24) is 0 Å². The molecule has 0 saturated carbocycles. The van der Waals surface area contributed by atoms with Crippen LogP contribution < -0.4 is 15.4 Å². The van der Waals surface area contributed by atoms with Gasteiger partial charge in [0.05, 0.1) is 12.2 Å². The zero-order valence-corrected chi connectivity index (χ0v) is 13.9. The van der Waals surface area contributed by atoms with E-state index in [2.05, 4.69) is 0 Å². The van der Waals surface area contributed by atoms with Crippen molar-refractivity contribution in [2.24, 2.45) is 5.92 Å². The minimum absolute atomic E-state index is 0.0481. The number of anilines is 2. The van der Waals surface area contributed by atoms with E-state index in [0.29, 0.717) is 28.7 Å². The monoisotopic (exact) mass is 330 g/mol. The molecule has 0 radical (unpaired) electrons. The number of amides is 1. The maximum Gasteiger partial charge on any atom is 0.268 e. The van der Waals surface area contributed by atoms with Crippen LogP contribution in [-0.2, 0) is 11.3 Å². The molecule has 2 aromatic carbocycles. The SMILES string of the molecule is CC(C)C1Oc2ccc(N)cc2N(Cc2ccc(Cl)cc2)C1=O. The average molecular weight is 331 g/mol. The molecule has 0 aliphatic carbocycles. The number of carbonyl (C=O) groups is 1. The molecule has 2 aromatic rings. The van der Waals surface area contributed by atoms with Gasteiger partial charge in [0.2, 0.25) is 0 Å². The first-order chi connectivity index (χ1) is 11.0. The lowest BCUT2D eigenvalue weighted by molar-refractivity contribution is -0.128. The molecule has 5 heteroatoms. The van der Waals surface area contributed by atoms with Crippen LogP contribution in [0.1, 0.15) is 19.4 Å². The molecule has 1 atom stereocenters. The molecule has 23 heavy (non-hydrogen) atoms. The molecule has 0 saturated heterocycles. The van der Waals surface area contributed by atoms with E-state index < -0.39 is 6.10 Å². The van der Waals surface area contributed by atoms with Gasteiger partial charge in [0.25, 0.3) is 5.91 Å². The van der Waals surface area contributed by atoms with E-state index >= 15 is 0 Å². The number of nitrogens with zero attached hydrogens (tertiary/aromatic N) is 1. The van der Waals surface area contributed by atoms with Crippen molar-refractivity contribution in [3.63, 3.8) is 0 Å². The topological polar surface area (TPSA) is 55.6 Å². The summed E-state index contributed by atoms with van der Waals surface area (Å²) in [5.74, 6) is 0.723. The predicted molar refractivity (Wildman–Crippen MR) is 92.8 cm³/mol. The fourth-order valence-electron chi connectivity index (χ4n) is 2.66. The number of carbonyl (C=O) groups excluding carboxylic acids is 1. The van der Waals surface area contributed by atoms with Gasteiger partial charge in [-0.1, -0.05) is 37.6 Å². The Morgan fingerprint density at radius 2 is 1.91 bits per heavy atom. The molecule has 0 bridgehead atoms. The molecule has 1 heterocycles. The normalized spacial score (nSPS) is 17.1. The first-order valence-electron chi connectivity index (χ1n) is 7.57. The highest BCUT2D eigenvalue weighted by Gasteiger charge is 2.36. The Bertz CT molecular complexity index is 728. The van der Waals surface area contributed by atoms with Crippen LogP contribution in [0.25, 0.3) is 0 Å². The lowest BCUT2D eigenvalue weighted by Gasteiger charge is -2.36. The maximum absolute atomic E-state index is 12.8. The Labute approximate surface area is 140 Å². The van der Waals surface area contributed by atoms with Gasteiger partial charge >= 0.3 is 0 Å². The van der Waals surface area contributed by atoms with Gasteiger partial charge < -0.3 is 15.4 Å². The van der Waals surface area contributed by atoms with Gasteiger partial charge in [0.1, 0.15) is 5.75 Å². The summed E-state index contributed by atoms with van der Waals surface area (Å²) in [4.78, 5) is 14.6. The number of nitrogens with two attached hydrogens (primary N) is 1. The van der Waals surface area contributed by atoms with Crippen molar-refractivity contribution < 1.29 is 9.53 Å². The fourth-order valence-corrected chi connectivity index (χ4v) is 2.79. The Balaban J connectivity index is 2.00. The van der Waals surface area contributed by atoms with Crippen LogP contribution in [0.4, 0.5) is 11.4 Å². The zero-order valence-electron chi connectivity index (χ0n) is 13.1. The third kappa shape index (κ3) is 3.13. The van der Waals surface area contributed by atoms with Crippen LogP contribution in [-0.4, -0.2) is 12.0 Å². The van der Waals surface area contributed by atoms with Crippen molar-refractivity contribution in [3.8, 4) is 5.75 Å². The van der Waals surface area contributed by atoms with Crippen molar-refractivity contribution >= 4 is 28.9 Å². The fraction of sp³-hybridized carbons (Fsp3) is 0.278. The first kappa shape index (κ1) is 15.7. The summed E-state index contributed by atoms with van der Waals surface area (Å²) in [6.45, 7) is 4.41. The maximum atomic E-state index is 12.8. The molecule has 1 amide bonds. The lowest BCUT2D eigenvalue weighted by Crippen LogP contribution is -2.48. The molecule has 2 N–H and O–H groups in total. The quantitative estimate of drug-likeness (QED) is 0.869. The van der Waals surface area contributed by atoms with E-state index in [4.69, 9.17) is 22.1 Å². The van der Waals surface area contributed by atoms with Crippen LogP contribution in [0.3, 0.4) is 0 Å². The highest BCUT2D eigenvalue weighted by molar-refractivity contribution is 6.30. The molecule has 0 spiro atoms. The van der Waals surface area contributed by atoms with E-state index in [1.807, 2.05) is 44.2 Å². The summed E-state index contributed by atoms with van der Waals surface area (Å²) in [5.41, 5.74) is 8.20.